The van der Waals surface area contributed by atoms with Crippen LogP contribution in [0.4, 0.5) is 0 Å². The van der Waals surface area contributed by atoms with Gasteiger partial charge in [-0.15, -0.1) is 0 Å². The Bertz CT molecular complexity index is 761. The molecule has 0 N–H and O–H groups in total. The van der Waals surface area contributed by atoms with E-state index in [2.05, 4.69) is 5.16 Å². The number of Topliss-reactive ketones (excluding diaryl/α,β-unsaturated/α-hetero) is 1. The van der Waals surface area contributed by atoms with Crippen molar-refractivity contribution in [3.8, 4) is 17.0 Å². The number of ketones is 1. The molecule has 0 bridgehead atoms. The maximum absolute atomic E-state index is 12.4. The van der Waals surface area contributed by atoms with Crippen LogP contribution in [0.5, 0.6) is 5.75 Å². The van der Waals surface area contributed by atoms with Crippen molar-refractivity contribution in [3.05, 3.63) is 35.1 Å². The predicted molar refractivity (Wildman–Crippen MR) is 85.0 cm³/mol. The van der Waals surface area contributed by atoms with E-state index in [1.807, 2.05) is 18.2 Å². The molecule has 2 aliphatic rings. The highest BCUT2D eigenvalue weighted by atomic mass is 16.7. The number of nitrogens with zero attached hydrogens (tertiary/aromatic N) is 1. The Morgan fingerprint density at radius 1 is 1.12 bits per heavy atom. The third-order valence-electron chi connectivity index (χ3n) is 4.45. The minimum absolute atomic E-state index is 0.0647. The number of carbonyl (C=O) groups excluding carboxylic acids is 1. The van der Waals surface area contributed by atoms with Gasteiger partial charge in [-0.3, -0.25) is 4.79 Å². The summed E-state index contributed by atoms with van der Waals surface area (Å²) in [6.45, 7) is 1.27. The first-order chi connectivity index (χ1) is 11.8. The number of hydrogen-bond acceptors (Lipinski definition) is 6. The van der Waals surface area contributed by atoms with Crippen LogP contribution in [0.2, 0.25) is 0 Å². The Kier molecular flexibility index (Phi) is 4.08. The van der Waals surface area contributed by atoms with Gasteiger partial charge in [0.1, 0.15) is 17.2 Å². The van der Waals surface area contributed by atoms with Crippen molar-refractivity contribution in [2.45, 2.75) is 32.0 Å². The lowest BCUT2D eigenvalue weighted by Crippen LogP contribution is -2.19. The Morgan fingerprint density at radius 2 is 1.96 bits per heavy atom. The Labute approximate surface area is 139 Å². The van der Waals surface area contributed by atoms with Gasteiger partial charge < -0.3 is 18.7 Å². The summed E-state index contributed by atoms with van der Waals surface area (Å²) < 4.78 is 22.5. The molecule has 0 amide bonds. The number of aromatic nitrogens is 1. The summed E-state index contributed by atoms with van der Waals surface area (Å²) in [6.07, 6.45) is 2.42. The zero-order valence-corrected chi connectivity index (χ0v) is 13.5. The highest BCUT2D eigenvalue weighted by molar-refractivity contribution is 6.04. The van der Waals surface area contributed by atoms with Crippen LogP contribution in [0.1, 0.15) is 47.2 Å². The van der Waals surface area contributed by atoms with Gasteiger partial charge in [-0.1, -0.05) is 17.3 Å². The van der Waals surface area contributed by atoms with Gasteiger partial charge in [0, 0.05) is 18.4 Å². The van der Waals surface area contributed by atoms with Gasteiger partial charge in [0.2, 0.25) is 0 Å². The third-order valence-corrected chi connectivity index (χ3v) is 4.45. The van der Waals surface area contributed by atoms with Gasteiger partial charge in [0.05, 0.1) is 31.5 Å². The molecule has 0 unspecified atom stereocenters. The van der Waals surface area contributed by atoms with Gasteiger partial charge in [-0.2, -0.15) is 0 Å². The molecule has 1 fully saturated rings. The normalized spacial score (nSPS) is 18.5. The number of rotatable bonds is 3. The lowest BCUT2D eigenvalue weighted by Gasteiger charge is -2.26. The SMILES string of the molecule is COc1cccc(C2OCCCO2)c1-c1noc2c1C(=O)CCC2. The van der Waals surface area contributed by atoms with Gasteiger partial charge in [0.25, 0.3) is 0 Å². The number of aryl methyl sites for hydroxylation is 1. The standard InChI is InChI=1S/C18H19NO5/c1-21-13-7-2-5-11(18-22-9-4-10-23-18)15(13)17-16-12(20)6-3-8-14(16)24-19-17/h2,5,7,18H,3-4,6,8-10H2,1H3. The van der Waals surface area contributed by atoms with Crippen LogP contribution in [-0.4, -0.2) is 31.3 Å². The van der Waals surface area contributed by atoms with E-state index in [4.69, 9.17) is 18.7 Å². The van der Waals surface area contributed by atoms with Crippen LogP contribution in [0.25, 0.3) is 11.3 Å². The van der Waals surface area contributed by atoms with Crippen molar-refractivity contribution in [1.29, 1.82) is 0 Å². The molecule has 2 aromatic rings. The number of benzene rings is 1. The molecule has 1 aromatic heterocycles. The molecule has 0 radical (unpaired) electrons. The van der Waals surface area contributed by atoms with E-state index in [0.717, 1.165) is 24.8 Å². The number of fused-ring (bicyclic) bond motifs is 1. The molecule has 6 heteroatoms. The molecule has 0 spiro atoms. The monoisotopic (exact) mass is 329 g/mol. The second-order valence-corrected chi connectivity index (χ2v) is 5.96. The van der Waals surface area contributed by atoms with E-state index >= 15 is 0 Å². The van der Waals surface area contributed by atoms with Crippen LogP contribution in [0, 0.1) is 0 Å². The average Bonchev–Trinajstić information content (AvgIpc) is 3.07. The Balaban J connectivity index is 1.88. The molecule has 1 aromatic carbocycles. The number of carbonyl (C=O) groups is 1. The minimum Gasteiger partial charge on any atom is -0.496 e. The van der Waals surface area contributed by atoms with E-state index in [0.29, 0.717) is 48.0 Å². The van der Waals surface area contributed by atoms with Gasteiger partial charge in [-0.05, 0) is 18.9 Å². The fourth-order valence-electron chi connectivity index (χ4n) is 3.32. The first-order valence-corrected chi connectivity index (χ1v) is 8.22. The molecule has 126 valence electrons. The summed E-state index contributed by atoms with van der Waals surface area (Å²) in [4.78, 5) is 12.4. The van der Waals surface area contributed by atoms with Gasteiger partial charge in [0.15, 0.2) is 12.1 Å². The fraction of sp³-hybridized carbons (Fsp3) is 0.444. The largest absolute Gasteiger partial charge is 0.496 e. The van der Waals surface area contributed by atoms with Gasteiger partial charge >= 0.3 is 0 Å². The van der Waals surface area contributed by atoms with Crippen LogP contribution in [-0.2, 0) is 15.9 Å². The second kappa shape index (κ2) is 6.37. The summed E-state index contributed by atoms with van der Waals surface area (Å²) in [5.41, 5.74) is 2.62. The fourth-order valence-corrected chi connectivity index (χ4v) is 3.32. The highest BCUT2D eigenvalue weighted by Gasteiger charge is 2.32. The van der Waals surface area contributed by atoms with E-state index in [1.54, 1.807) is 7.11 Å². The molecule has 1 saturated heterocycles. The molecule has 0 saturated carbocycles. The van der Waals surface area contributed by atoms with Crippen LogP contribution in [0.3, 0.4) is 0 Å². The van der Waals surface area contributed by atoms with Crippen molar-refractivity contribution in [1.82, 2.24) is 5.16 Å². The first kappa shape index (κ1) is 15.4. The number of hydrogen-bond donors (Lipinski definition) is 0. The highest BCUT2D eigenvalue weighted by Crippen LogP contribution is 2.41. The van der Waals surface area contributed by atoms with E-state index in [9.17, 15) is 4.79 Å². The number of methoxy groups -OCH3 is 1. The van der Waals surface area contributed by atoms with Crippen molar-refractivity contribution in [3.63, 3.8) is 0 Å². The smallest absolute Gasteiger partial charge is 0.184 e. The molecule has 4 rings (SSSR count). The van der Waals surface area contributed by atoms with Crippen molar-refractivity contribution < 1.29 is 23.5 Å². The lowest BCUT2D eigenvalue weighted by molar-refractivity contribution is -0.182. The molecule has 1 aliphatic heterocycles. The molecular weight excluding hydrogens is 310 g/mol. The molecule has 2 heterocycles. The maximum atomic E-state index is 12.4. The minimum atomic E-state index is -0.491. The summed E-state index contributed by atoms with van der Waals surface area (Å²) >= 11 is 0. The van der Waals surface area contributed by atoms with Gasteiger partial charge in [-0.25, -0.2) is 0 Å². The molecule has 0 atom stereocenters. The Hall–Kier alpha value is -2.18. The quantitative estimate of drug-likeness (QED) is 0.860. The topological polar surface area (TPSA) is 70.8 Å². The first-order valence-electron chi connectivity index (χ1n) is 8.22. The molecular formula is C18H19NO5. The average molecular weight is 329 g/mol. The second-order valence-electron chi connectivity index (χ2n) is 5.96. The van der Waals surface area contributed by atoms with Crippen molar-refractivity contribution in [2.24, 2.45) is 0 Å². The Morgan fingerprint density at radius 3 is 2.75 bits per heavy atom. The molecule has 6 nitrogen and oxygen atoms in total. The summed E-state index contributed by atoms with van der Waals surface area (Å²) in [6, 6.07) is 5.64. The van der Waals surface area contributed by atoms with E-state index in [-0.39, 0.29) is 5.78 Å². The zero-order valence-electron chi connectivity index (χ0n) is 13.5. The van der Waals surface area contributed by atoms with E-state index < -0.39 is 6.29 Å². The third kappa shape index (κ3) is 2.52. The summed E-state index contributed by atoms with van der Waals surface area (Å²) in [7, 11) is 1.60. The maximum Gasteiger partial charge on any atom is 0.184 e. The zero-order chi connectivity index (χ0) is 16.5. The van der Waals surface area contributed by atoms with Crippen LogP contribution in [0.15, 0.2) is 22.7 Å². The molecule has 1 aliphatic carbocycles. The summed E-state index contributed by atoms with van der Waals surface area (Å²) in [5, 5.41) is 4.20. The van der Waals surface area contributed by atoms with E-state index in [1.165, 1.54) is 0 Å². The number of ether oxygens (including phenoxy) is 3. The van der Waals surface area contributed by atoms with Crippen molar-refractivity contribution in [2.75, 3.05) is 20.3 Å². The molecule has 24 heavy (non-hydrogen) atoms. The lowest BCUT2D eigenvalue weighted by atomic mass is 9.91. The van der Waals surface area contributed by atoms with Crippen LogP contribution >= 0.6 is 0 Å². The van der Waals surface area contributed by atoms with Crippen molar-refractivity contribution >= 4 is 5.78 Å². The van der Waals surface area contributed by atoms with Crippen LogP contribution < -0.4 is 4.74 Å². The predicted octanol–water partition coefficient (Wildman–Crippen LogP) is 3.30. The summed E-state index contributed by atoms with van der Waals surface area (Å²) in [5.74, 6) is 1.35.